The van der Waals surface area contributed by atoms with Gasteiger partial charge in [-0.15, -0.1) is 0 Å². The van der Waals surface area contributed by atoms with E-state index in [0.717, 1.165) is 13.0 Å². The third kappa shape index (κ3) is 1.95. The minimum atomic E-state index is -0.316. The van der Waals surface area contributed by atoms with Gasteiger partial charge in [0.15, 0.2) is 0 Å². The Labute approximate surface area is 72.6 Å². The maximum atomic E-state index is 11.3. The zero-order chi connectivity index (χ0) is 9.14. The van der Waals surface area contributed by atoms with Crippen LogP contribution in [0, 0.1) is 0 Å². The number of nitrogens with zero attached hydrogens (tertiary/aromatic N) is 1. The molecule has 0 aromatic carbocycles. The first-order valence-electron chi connectivity index (χ1n) is 4.25. The molecule has 4 nitrogen and oxygen atoms in total. The van der Waals surface area contributed by atoms with Crippen molar-refractivity contribution >= 4 is 5.91 Å². The van der Waals surface area contributed by atoms with Crippen molar-refractivity contribution in [2.24, 2.45) is 0 Å². The normalized spacial score (nSPS) is 31.6. The van der Waals surface area contributed by atoms with Crippen LogP contribution in [0.4, 0.5) is 0 Å². The highest BCUT2D eigenvalue weighted by atomic mass is 16.3. The maximum Gasteiger partial charge on any atom is 0.237 e. The van der Waals surface area contributed by atoms with E-state index in [-0.39, 0.29) is 18.1 Å². The lowest BCUT2D eigenvalue weighted by Crippen LogP contribution is -2.49. The molecule has 12 heavy (non-hydrogen) atoms. The molecule has 1 aliphatic rings. The van der Waals surface area contributed by atoms with Gasteiger partial charge in [-0.2, -0.15) is 0 Å². The second kappa shape index (κ2) is 3.87. The van der Waals surface area contributed by atoms with E-state index in [0.29, 0.717) is 6.42 Å². The van der Waals surface area contributed by atoms with Gasteiger partial charge in [0.1, 0.15) is 0 Å². The number of rotatable bonds is 1. The number of hydrogen-bond donors (Lipinski definition) is 2. The minimum Gasteiger partial charge on any atom is -0.393 e. The highest BCUT2D eigenvalue weighted by molar-refractivity contribution is 5.81. The lowest BCUT2D eigenvalue weighted by Gasteiger charge is -2.33. The number of carbonyl (C=O) groups excluding carboxylic acids is 1. The van der Waals surface area contributed by atoms with Crippen molar-refractivity contribution in [3.63, 3.8) is 0 Å². The molecule has 70 valence electrons. The van der Waals surface area contributed by atoms with Crippen molar-refractivity contribution in [2.75, 3.05) is 20.6 Å². The predicted octanol–water partition coefficient (Wildman–Crippen LogP) is -0.813. The molecule has 2 atom stereocenters. The summed E-state index contributed by atoms with van der Waals surface area (Å²) in [6.07, 6.45) is 1.00. The summed E-state index contributed by atoms with van der Waals surface area (Å²) < 4.78 is 0. The van der Waals surface area contributed by atoms with Crippen LogP contribution in [0.15, 0.2) is 0 Å². The van der Waals surface area contributed by atoms with Gasteiger partial charge in [-0.05, 0) is 19.9 Å². The van der Waals surface area contributed by atoms with Crippen molar-refractivity contribution < 1.29 is 9.90 Å². The van der Waals surface area contributed by atoms with Gasteiger partial charge in [-0.1, -0.05) is 0 Å². The molecule has 0 spiro atoms. The van der Waals surface area contributed by atoms with E-state index in [1.807, 2.05) is 11.9 Å². The number of carbonyl (C=O) groups is 1. The van der Waals surface area contributed by atoms with Crippen molar-refractivity contribution in [2.45, 2.75) is 25.0 Å². The molecule has 1 aliphatic heterocycles. The Bertz CT molecular complexity index is 172. The molecule has 2 N–H and O–H groups in total. The van der Waals surface area contributed by atoms with E-state index in [4.69, 9.17) is 0 Å². The summed E-state index contributed by atoms with van der Waals surface area (Å²) in [6, 6.07) is -0.154. The Morgan fingerprint density at radius 3 is 2.92 bits per heavy atom. The molecule has 1 rings (SSSR count). The maximum absolute atomic E-state index is 11.3. The molecule has 1 fully saturated rings. The van der Waals surface area contributed by atoms with E-state index >= 15 is 0 Å². The predicted molar refractivity (Wildman–Crippen MR) is 45.7 cm³/mol. The molecular weight excluding hydrogens is 156 g/mol. The minimum absolute atomic E-state index is 0.00347. The third-order valence-electron chi connectivity index (χ3n) is 2.39. The molecule has 0 bridgehead atoms. The first kappa shape index (κ1) is 9.48. The molecule has 1 amide bonds. The highest BCUT2D eigenvalue weighted by Crippen LogP contribution is 2.15. The lowest BCUT2D eigenvalue weighted by atomic mass is 10.00. The summed E-state index contributed by atoms with van der Waals surface area (Å²) in [5, 5.41) is 11.9. The Morgan fingerprint density at radius 2 is 2.33 bits per heavy atom. The first-order valence-corrected chi connectivity index (χ1v) is 4.25. The fraction of sp³-hybridized carbons (Fsp3) is 0.875. The smallest absolute Gasteiger partial charge is 0.237 e. The first-order chi connectivity index (χ1) is 5.65. The second-order valence-electron chi connectivity index (χ2n) is 3.29. The van der Waals surface area contributed by atoms with Crippen LogP contribution in [0.2, 0.25) is 0 Å². The Balaban J connectivity index is 2.54. The standard InChI is InChI=1S/C8H16N2O2/c1-9-8(12)7-5-6(11)3-4-10(7)2/h6-7,11H,3-5H2,1-2H3,(H,9,12)/t6-,7?/m0/s1. The Hall–Kier alpha value is -0.610. The number of hydrogen-bond acceptors (Lipinski definition) is 3. The van der Waals surface area contributed by atoms with Crippen LogP contribution >= 0.6 is 0 Å². The van der Waals surface area contributed by atoms with E-state index in [2.05, 4.69) is 5.32 Å². The zero-order valence-electron chi connectivity index (χ0n) is 7.58. The number of likely N-dealkylation sites (N-methyl/N-ethyl adjacent to an activating group) is 2. The number of aliphatic hydroxyl groups excluding tert-OH is 1. The van der Waals surface area contributed by atoms with Crippen molar-refractivity contribution in [1.29, 1.82) is 0 Å². The number of amides is 1. The topological polar surface area (TPSA) is 52.6 Å². The lowest BCUT2D eigenvalue weighted by molar-refractivity contribution is -0.128. The van der Waals surface area contributed by atoms with Crippen LogP contribution in [0.25, 0.3) is 0 Å². The molecule has 0 radical (unpaired) electrons. The fourth-order valence-electron chi connectivity index (χ4n) is 1.54. The molecule has 0 aliphatic carbocycles. The number of nitrogens with one attached hydrogen (secondary N) is 1. The molecule has 4 heteroatoms. The quantitative estimate of drug-likeness (QED) is 0.544. The Morgan fingerprint density at radius 1 is 1.67 bits per heavy atom. The van der Waals surface area contributed by atoms with Crippen molar-refractivity contribution in [1.82, 2.24) is 10.2 Å². The summed E-state index contributed by atoms with van der Waals surface area (Å²) in [5.41, 5.74) is 0. The summed E-state index contributed by atoms with van der Waals surface area (Å²) in [5.74, 6) is -0.00347. The molecule has 0 aromatic heterocycles. The van der Waals surface area contributed by atoms with Crippen LogP contribution < -0.4 is 5.32 Å². The second-order valence-corrected chi connectivity index (χ2v) is 3.29. The summed E-state index contributed by atoms with van der Waals surface area (Å²) in [4.78, 5) is 13.2. The SMILES string of the molecule is CNC(=O)C1C[C@@H](O)CCN1C. The van der Waals surface area contributed by atoms with E-state index < -0.39 is 0 Å². The largest absolute Gasteiger partial charge is 0.393 e. The zero-order valence-corrected chi connectivity index (χ0v) is 7.58. The van der Waals surface area contributed by atoms with Crippen LogP contribution in [0.3, 0.4) is 0 Å². The molecule has 0 saturated carbocycles. The van der Waals surface area contributed by atoms with Gasteiger partial charge >= 0.3 is 0 Å². The van der Waals surface area contributed by atoms with E-state index in [1.54, 1.807) is 7.05 Å². The average molecular weight is 172 g/mol. The van der Waals surface area contributed by atoms with Gasteiger partial charge in [0, 0.05) is 13.6 Å². The highest BCUT2D eigenvalue weighted by Gasteiger charge is 2.29. The fourth-order valence-corrected chi connectivity index (χ4v) is 1.54. The van der Waals surface area contributed by atoms with Gasteiger partial charge in [0.25, 0.3) is 0 Å². The van der Waals surface area contributed by atoms with Gasteiger partial charge in [-0.3, -0.25) is 9.69 Å². The molecule has 1 unspecified atom stereocenters. The molecule has 1 heterocycles. The molecule has 1 saturated heterocycles. The summed E-state index contributed by atoms with van der Waals surface area (Å²) in [7, 11) is 3.53. The van der Waals surface area contributed by atoms with Gasteiger partial charge < -0.3 is 10.4 Å². The van der Waals surface area contributed by atoms with Crippen LogP contribution in [0.5, 0.6) is 0 Å². The van der Waals surface area contributed by atoms with Crippen LogP contribution in [-0.4, -0.2) is 48.7 Å². The number of aliphatic hydroxyl groups is 1. The van der Waals surface area contributed by atoms with Crippen LogP contribution in [-0.2, 0) is 4.79 Å². The van der Waals surface area contributed by atoms with Crippen molar-refractivity contribution in [3.8, 4) is 0 Å². The van der Waals surface area contributed by atoms with E-state index in [9.17, 15) is 9.90 Å². The summed E-state index contributed by atoms with van der Waals surface area (Å²) >= 11 is 0. The van der Waals surface area contributed by atoms with Gasteiger partial charge in [0.2, 0.25) is 5.91 Å². The summed E-state index contributed by atoms with van der Waals surface area (Å²) in [6.45, 7) is 0.791. The number of likely N-dealkylation sites (tertiary alicyclic amines) is 1. The third-order valence-corrected chi connectivity index (χ3v) is 2.39. The number of piperidine rings is 1. The average Bonchev–Trinajstić information content (AvgIpc) is 2.08. The van der Waals surface area contributed by atoms with Gasteiger partial charge in [0.05, 0.1) is 12.1 Å². The Kier molecular flexibility index (Phi) is 3.05. The monoisotopic (exact) mass is 172 g/mol. The van der Waals surface area contributed by atoms with Gasteiger partial charge in [-0.25, -0.2) is 0 Å². The molecule has 0 aromatic rings. The van der Waals surface area contributed by atoms with Crippen LogP contribution in [0.1, 0.15) is 12.8 Å². The van der Waals surface area contributed by atoms with E-state index in [1.165, 1.54) is 0 Å². The molecular formula is C8H16N2O2. The van der Waals surface area contributed by atoms with Crippen molar-refractivity contribution in [3.05, 3.63) is 0 Å².